The van der Waals surface area contributed by atoms with Crippen LogP contribution < -0.4 is 5.32 Å². The fourth-order valence-electron chi connectivity index (χ4n) is 2.04. The van der Waals surface area contributed by atoms with E-state index in [-0.39, 0.29) is 18.2 Å². The lowest BCUT2D eigenvalue weighted by Gasteiger charge is -2.17. The maximum Gasteiger partial charge on any atom is 0.263 e. The summed E-state index contributed by atoms with van der Waals surface area (Å²) < 4.78 is 25.4. The molecule has 2 aromatic rings. The molecular formula is C16H17F2NO. The monoisotopic (exact) mass is 277 g/mol. The van der Waals surface area contributed by atoms with Crippen LogP contribution in [-0.2, 0) is 6.54 Å². The van der Waals surface area contributed by atoms with Crippen molar-refractivity contribution >= 4 is 0 Å². The molecule has 20 heavy (non-hydrogen) atoms. The molecule has 4 heteroatoms. The molecule has 0 aromatic heterocycles. The summed E-state index contributed by atoms with van der Waals surface area (Å²) in [5.41, 5.74) is 1.72. The van der Waals surface area contributed by atoms with Gasteiger partial charge in [0, 0.05) is 12.1 Å². The van der Waals surface area contributed by atoms with Crippen LogP contribution in [-0.4, -0.2) is 11.7 Å². The van der Waals surface area contributed by atoms with Gasteiger partial charge in [-0.25, -0.2) is 8.78 Å². The van der Waals surface area contributed by atoms with Crippen molar-refractivity contribution in [3.63, 3.8) is 0 Å². The Kier molecular flexibility index (Phi) is 5.21. The van der Waals surface area contributed by atoms with Gasteiger partial charge in [0.15, 0.2) is 0 Å². The van der Waals surface area contributed by atoms with E-state index in [1.54, 1.807) is 12.1 Å². The average Bonchev–Trinajstić information content (AvgIpc) is 2.49. The number of aliphatic hydroxyl groups excluding tert-OH is 1. The molecule has 1 unspecified atom stereocenters. The second-order valence-corrected chi connectivity index (χ2v) is 4.57. The minimum absolute atomic E-state index is 0.0255. The Morgan fingerprint density at radius 3 is 2.30 bits per heavy atom. The first kappa shape index (κ1) is 14.6. The van der Waals surface area contributed by atoms with Crippen LogP contribution in [0.25, 0.3) is 0 Å². The normalized spacial score (nSPS) is 12.6. The standard InChI is InChI=1S/C16H17F2NO/c17-16(18)14-8-4-7-13(9-14)15(11-20)19-10-12-5-2-1-3-6-12/h1-9,15-16,19-20H,10-11H2. The minimum Gasteiger partial charge on any atom is -0.394 e. The predicted molar refractivity (Wildman–Crippen MR) is 74.5 cm³/mol. The van der Waals surface area contributed by atoms with Crippen molar-refractivity contribution in [3.05, 3.63) is 71.3 Å². The third kappa shape index (κ3) is 3.85. The van der Waals surface area contributed by atoms with Gasteiger partial charge in [-0.1, -0.05) is 48.5 Å². The van der Waals surface area contributed by atoms with Crippen LogP contribution in [0.3, 0.4) is 0 Å². The molecule has 2 rings (SSSR count). The Labute approximate surface area is 117 Å². The van der Waals surface area contributed by atoms with E-state index in [2.05, 4.69) is 5.32 Å². The van der Waals surface area contributed by atoms with Crippen molar-refractivity contribution in [1.29, 1.82) is 0 Å². The topological polar surface area (TPSA) is 32.3 Å². The first-order chi connectivity index (χ1) is 9.70. The maximum absolute atomic E-state index is 12.7. The Morgan fingerprint density at radius 1 is 0.950 bits per heavy atom. The molecule has 106 valence electrons. The van der Waals surface area contributed by atoms with E-state index < -0.39 is 6.43 Å². The van der Waals surface area contributed by atoms with Gasteiger partial charge in [0.2, 0.25) is 0 Å². The molecule has 0 aliphatic carbocycles. The number of aliphatic hydroxyl groups is 1. The maximum atomic E-state index is 12.7. The van der Waals surface area contributed by atoms with Crippen LogP contribution in [0, 0.1) is 0 Å². The molecule has 0 bridgehead atoms. The van der Waals surface area contributed by atoms with E-state index in [1.807, 2.05) is 30.3 Å². The molecule has 0 saturated heterocycles. The smallest absolute Gasteiger partial charge is 0.263 e. The Morgan fingerprint density at radius 2 is 1.65 bits per heavy atom. The largest absolute Gasteiger partial charge is 0.394 e. The number of hydrogen-bond acceptors (Lipinski definition) is 2. The van der Waals surface area contributed by atoms with E-state index in [1.165, 1.54) is 12.1 Å². The van der Waals surface area contributed by atoms with E-state index in [0.29, 0.717) is 12.1 Å². The minimum atomic E-state index is -2.50. The number of hydrogen-bond donors (Lipinski definition) is 2. The summed E-state index contributed by atoms with van der Waals surface area (Å²) in [7, 11) is 0. The van der Waals surface area contributed by atoms with Gasteiger partial charge in [-0.05, 0) is 17.2 Å². The lowest BCUT2D eigenvalue weighted by Crippen LogP contribution is -2.24. The predicted octanol–water partition coefficient (Wildman–Crippen LogP) is 3.45. The summed E-state index contributed by atoms with van der Waals surface area (Å²) in [5.74, 6) is 0. The van der Waals surface area contributed by atoms with Crippen molar-refractivity contribution in [2.45, 2.75) is 19.0 Å². The van der Waals surface area contributed by atoms with E-state index in [9.17, 15) is 13.9 Å². The highest BCUT2D eigenvalue weighted by molar-refractivity contribution is 5.27. The van der Waals surface area contributed by atoms with Gasteiger partial charge in [-0.15, -0.1) is 0 Å². The molecule has 0 amide bonds. The van der Waals surface area contributed by atoms with Gasteiger partial charge in [0.1, 0.15) is 0 Å². The zero-order valence-electron chi connectivity index (χ0n) is 11.0. The van der Waals surface area contributed by atoms with Crippen molar-refractivity contribution in [3.8, 4) is 0 Å². The van der Waals surface area contributed by atoms with E-state index in [4.69, 9.17) is 0 Å². The van der Waals surface area contributed by atoms with Crippen LogP contribution in [0.1, 0.15) is 29.2 Å². The van der Waals surface area contributed by atoms with Crippen molar-refractivity contribution in [2.24, 2.45) is 0 Å². The molecular weight excluding hydrogens is 260 g/mol. The average molecular weight is 277 g/mol. The quantitative estimate of drug-likeness (QED) is 0.847. The first-order valence-electron chi connectivity index (χ1n) is 6.47. The van der Waals surface area contributed by atoms with Crippen molar-refractivity contribution in [2.75, 3.05) is 6.61 Å². The Hall–Kier alpha value is -1.78. The SMILES string of the molecule is OCC(NCc1ccccc1)c1cccc(C(F)F)c1. The summed E-state index contributed by atoms with van der Waals surface area (Å²) in [4.78, 5) is 0. The van der Waals surface area contributed by atoms with Gasteiger partial charge >= 0.3 is 0 Å². The summed E-state index contributed by atoms with van der Waals surface area (Å²) in [5, 5.41) is 12.6. The fraction of sp³-hybridized carbons (Fsp3) is 0.250. The Bertz CT molecular complexity index is 531. The molecule has 0 spiro atoms. The van der Waals surface area contributed by atoms with Gasteiger partial charge in [-0.2, -0.15) is 0 Å². The van der Waals surface area contributed by atoms with Crippen molar-refractivity contribution < 1.29 is 13.9 Å². The van der Waals surface area contributed by atoms with Crippen LogP contribution >= 0.6 is 0 Å². The Balaban J connectivity index is 2.06. The number of rotatable bonds is 6. The van der Waals surface area contributed by atoms with Crippen molar-refractivity contribution in [1.82, 2.24) is 5.32 Å². The van der Waals surface area contributed by atoms with Crippen LogP contribution in [0.15, 0.2) is 54.6 Å². The lowest BCUT2D eigenvalue weighted by atomic mass is 10.0. The van der Waals surface area contributed by atoms with Crippen LogP contribution in [0.4, 0.5) is 8.78 Å². The molecule has 2 aromatic carbocycles. The first-order valence-corrected chi connectivity index (χ1v) is 6.47. The third-order valence-electron chi connectivity index (χ3n) is 3.14. The number of benzene rings is 2. The molecule has 2 N–H and O–H groups in total. The second kappa shape index (κ2) is 7.12. The van der Waals surface area contributed by atoms with E-state index in [0.717, 1.165) is 5.56 Å². The summed E-state index contributed by atoms with van der Waals surface area (Å²) in [6, 6.07) is 15.5. The summed E-state index contributed by atoms with van der Waals surface area (Å²) in [6.07, 6.45) is -2.50. The molecule has 1 atom stereocenters. The highest BCUT2D eigenvalue weighted by Crippen LogP contribution is 2.22. The van der Waals surface area contributed by atoms with Gasteiger partial charge in [-0.3, -0.25) is 0 Å². The van der Waals surface area contributed by atoms with Crippen LogP contribution in [0.5, 0.6) is 0 Å². The lowest BCUT2D eigenvalue weighted by molar-refractivity contribution is 0.151. The van der Waals surface area contributed by atoms with Gasteiger partial charge < -0.3 is 10.4 Å². The molecule has 0 heterocycles. The van der Waals surface area contributed by atoms with Gasteiger partial charge in [0.05, 0.1) is 12.6 Å². The van der Waals surface area contributed by atoms with E-state index >= 15 is 0 Å². The third-order valence-corrected chi connectivity index (χ3v) is 3.14. The zero-order valence-corrected chi connectivity index (χ0v) is 11.0. The number of nitrogens with one attached hydrogen (secondary N) is 1. The molecule has 0 fully saturated rings. The summed E-state index contributed by atoms with van der Waals surface area (Å²) in [6.45, 7) is 0.435. The highest BCUT2D eigenvalue weighted by Gasteiger charge is 2.13. The molecule has 0 aliphatic rings. The highest BCUT2D eigenvalue weighted by atomic mass is 19.3. The fourth-order valence-corrected chi connectivity index (χ4v) is 2.04. The second-order valence-electron chi connectivity index (χ2n) is 4.57. The van der Waals surface area contributed by atoms with Crippen LogP contribution in [0.2, 0.25) is 0 Å². The number of halogens is 2. The van der Waals surface area contributed by atoms with Gasteiger partial charge in [0.25, 0.3) is 6.43 Å². The molecule has 2 nitrogen and oxygen atoms in total. The summed E-state index contributed by atoms with van der Waals surface area (Å²) >= 11 is 0. The molecule has 0 saturated carbocycles. The molecule has 0 radical (unpaired) electrons. The number of alkyl halides is 2. The molecule has 0 aliphatic heterocycles. The zero-order chi connectivity index (χ0) is 14.4.